The predicted molar refractivity (Wildman–Crippen MR) is 61.9 cm³/mol. The van der Waals surface area contributed by atoms with Crippen LogP contribution in [0.25, 0.3) is 0 Å². The fraction of sp³-hybridized carbons (Fsp3) is 0.700. The van der Waals surface area contributed by atoms with E-state index in [1.807, 2.05) is 5.38 Å². The molecule has 1 saturated heterocycles. The van der Waals surface area contributed by atoms with Gasteiger partial charge in [-0.25, -0.2) is 4.98 Å². The SMILES string of the molecule is CC(C)N1CCOC(c2nc(N)cs2)C1. The van der Waals surface area contributed by atoms with Crippen LogP contribution in [0.5, 0.6) is 0 Å². The maximum absolute atomic E-state index is 5.71. The lowest BCUT2D eigenvalue weighted by Gasteiger charge is -2.34. The van der Waals surface area contributed by atoms with Gasteiger partial charge < -0.3 is 10.5 Å². The van der Waals surface area contributed by atoms with E-state index in [1.54, 1.807) is 11.3 Å². The van der Waals surface area contributed by atoms with Crippen molar-refractivity contribution < 1.29 is 4.74 Å². The predicted octanol–water partition coefficient (Wildman–Crippen LogP) is 1.51. The summed E-state index contributed by atoms with van der Waals surface area (Å²) >= 11 is 1.58. The van der Waals surface area contributed by atoms with Crippen molar-refractivity contribution >= 4 is 17.2 Å². The van der Waals surface area contributed by atoms with Gasteiger partial charge in [0, 0.05) is 24.5 Å². The molecule has 15 heavy (non-hydrogen) atoms. The third-order valence-corrected chi connectivity index (χ3v) is 3.60. The zero-order valence-electron chi connectivity index (χ0n) is 9.14. The minimum atomic E-state index is 0.100. The summed E-state index contributed by atoms with van der Waals surface area (Å²) in [5.74, 6) is 0.597. The van der Waals surface area contributed by atoms with E-state index >= 15 is 0 Å². The van der Waals surface area contributed by atoms with Gasteiger partial charge in [-0.1, -0.05) is 0 Å². The van der Waals surface area contributed by atoms with Crippen molar-refractivity contribution in [3.63, 3.8) is 0 Å². The summed E-state index contributed by atoms with van der Waals surface area (Å²) in [4.78, 5) is 6.68. The largest absolute Gasteiger partial charge is 0.383 e. The molecule has 2 heterocycles. The number of hydrogen-bond acceptors (Lipinski definition) is 5. The molecule has 5 heteroatoms. The summed E-state index contributed by atoms with van der Waals surface area (Å²) in [5, 5.41) is 2.87. The molecule has 2 N–H and O–H groups in total. The van der Waals surface area contributed by atoms with Crippen molar-refractivity contribution in [3.05, 3.63) is 10.4 Å². The lowest BCUT2D eigenvalue weighted by molar-refractivity contribution is -0.0402. The summed E-state index contributed by atoms with van der Waals surface area (Å²) in [6.07, 6.45) is 0.100. The molecule has 0 aliphatic carbocycles. The molecular formula is C10H17N3OS. The number of aromatic nitrogens is 1. The fourth-order valence-electron chi connectivity index (χ4n) is 1.74. The molecule has 1 aliphatic heterocycles. The second-order valence-electron chi connectivity index (χ2n) is 4.06. The van der Waals surface area contributed by atoms with Crippen LogP contribution >= 0.6 is 11.3 Å². The number of ether oxygens (including phenoxy) is 1. The molecule has 0 radical (unpaired) electrons. The molecule has 0 amide bonds. The van der Waals surface area contributed by atoms with Crippen molar-refractivity contribution in [3.8, 4) is 0 Å². The van der Waals surface area contributed by atoms with Crippen LogP contribution < -0.4 is 5.73 Å². The minimum Gasteiger partial charge on any atom is -0.383 e. The van der Waals surface area contributed by atoms with Crippen LogP contribution in [-0.2, 0) is 4.74 Å². The number of nitrogens with zero attached hydrogens (tertiary/aromatic N) is 2. The van der Waals surface area contributed by atoms with Gasteiger partial charge in [0.15, 0.2) is 0 Å². The highest BCUT2D eigenvalue weighted by molar-refractivity contribution is 7.10. The second-order valence-corrected chi connectivity index (χ2v) is 4.95. The van der Waals surface area contributed by atoms with E-state index in [9.17, 15) is 0 Å². The van der Waals surface area contributed by atoms with Gasteiger partial charge >= 0.3 is 0 Å². The number of nitrogen functional groups attached to an aromatic ring is 1. The van der Waals surface area contributed by atoms with Gasteiger partial charge in [-0.15, -0.1) is 11.3 Å². The maximum Gasteiger partial charge on any atom is 0.134 e. The van der Waals surface area contributed by atoms with Crippen LogP contribution in [0.2, 0.25) is 0 Å². The van der Waals surface area contributed by atoms with Crippen molar-refractivity contribution in [1.29, 1.82) is 0 Å². The highest BCUT2D eigenvalue weighted by Gasteiger charge is 2.25. The molecule has 1 fully saturated rings. The van der Waals surface area contributed by atoms with Crippen LogP contribution in [0.1, 0.15) is 25.0 Å². The van der Waals surface area contributed by atoms with Gasteiger partial charge in [0.1, 0.15) is 16.9 Å². The number of rotatable bonds is 2. The summed E-state index contributed by atoms with van der Waals surface area (Å²) in [6, 6.07) is 0.564. The molecule has 0 bridgehead atoms. The number of nitrogens with two attached hydrogens (primary N) is 1. The first-order valence-electron chi connectivity index (χ1n) is 5.23. The number of hydrogen-bond donors (Lipinski definition) is 1. The van der Waals surface area contributed by atoms with Gasteiger partial charge in [0.05, 0.1) is 6.61 Å². The van der Waals surface area contributed by atoms with Crippen LogP contribution in [0.4, 0.5) is 5.82 Å². The van der Waals surface area contributed by atoms with E-state index in [2.05, 4.69) is 23.7 Å². The van der Waals surface area contributed by atoms with Crippen LogP contribution in [0.3, 0.4) is 0 Å². The maximum atomic E-state index is 5.71. The molecule has 1 atom stereocenters. The molecule has 1 aliphatic rings. The van der Waals surface area contributed by atoms with Gasteiger partial charge in [-0.05, 0) is 13.8 Å². The normalized spacial score (nSPS) is 23.5. The number of thiazole rings is 1. The van der Waals surface area contributed by atoms with E-state index in [1.165, 1.54) is 0 Å². The van der Waals surface area contributed by atoms with Gasteiger partial charge in [-0.2, -0.15) is 0 Å². The van der Waals surface area contributed by atoms with Gasteiger partial charge in [-0.3, -0.25) is 4.90 Å². The molecule has 0 saturated carbocycles. The van der Waals surface area contributed by atoms with Crippen molar-refractivity contribution in [2.45, 2.75) is 26.0 Å². The Hall–Kier alpha value is -0.650. The topological polar surface area (TPSA) is 51.4 Å². The van der Waals surface area contributed by atoms with E-state index in [0.29, 0.717) is 11.9 Å². The standard InChI is InChI=1S/C10H17N3OS/c1-7(2)13-3-4-14-8(5-13)10-12-9(11)6-15-10/h6-8H,3-5,11H2,1-2H3. The minimum absolute atomic E-state index is 0.100. The van der Waals surface area contributed by atoms with Crippen molar-refractivity contribution in [2.24, 2.45) is 0 Å². The molecule has 1 aromatic rings. The first-order valence-corrected chi connectivity index (χ1v) is 6.11. The molecule has 2 rings (SSSR count). The lowest BCUT2D eigenvalue weighted by Crippen LogP contribution is -2.42. The van der Waals surface area contributed by atoms with Crippen LogP contribution in [0, 0.1) is 0 Å². The van der Waals surface area contributed by atoms with E-state index in [0.717, 1.165) is 24.7 Å². The van der Waals surface area contributed by atoms with E-state index in [4.69, 9.17) is 10.5 Å². The average Bonchev–Trinajstić information content (AvgIpc) is 2.65. The Labute approximate surface area is 94.1 Å². The molecule has 84 valence electrons. The van der Waals surface area contributed by atoms with Gasteiger partial charge in [0.25, 0.3) is 0 Å². The molecule has 1 aromatic heterocycles. The highest BCUT2D eigenvalue weighted by Crippen LogP contribution is 2.26. The van der Waals surface area contributed by atoms with Gasteiger partial charge in [0.2, 0.25) is 0 Å². The number of anilines is 1. The fourth-order valence-corrected chi connectivity index (χ4v) is 2.48. The Balaban J connectivity index is 2.04. The summed E-state index contributed by atoms with van der Waals surface area (Å²) in [6.45, 7) is 7.12. The Morgan fingerprint density at radius 3 is 3.07 bits per heavy atom. The molecule has 0 spiro atoms. The Morgan fingerprint density at radius 1 is 1.67 bits per heavy atom. The summed E-state index contributed by atoms with van der Waals surface area (Å²) in [7, 11) is 0. The molecule has 0 aromatic carbocycles. The zero-order valence-corrected chi connectivity index (χ0v) is 9.96. The second kappa shape index (κ2) is 4.47. The molecular weight excluding hydrogens is 210 g/mol. The van der Waals surface area contributed by atoms with Crippen molar-refractivity contribution in [2.75, 3.05) is 25.4 Å². The quantitative estimate of drug-likeness (QED) is 0.832. The monoisotopic (exact) mass is 227 g/mol. The first kappa shape index (κ1) is 10.9. The smallest absolute Gasteiger partial charge is 0.134 e. The number of morpholine rings is 1. The molecule has 4 nitrogen and oxygen atoms in total. The summed E-state index contributed by atoms with van der Waals surface area (Å²) in [5.41, 5.74) is 5.61. The van der Waals surface area contributed by atoms with Crippen LogP contribution in [-0.4, -0.2) is 35.6 Å². The van der Waals surface area contributed by atoms with E-state index in [-0.39, 0.29) is 6.10 Å². The summed E-state index contributed by atoms with van der Waals surface area (Å²) < 4.78 is 5.71. The van der Waals surface area contributed by atoms with Crippen LogP contribution in [0.15, 0.2) is 5.38 Å². The average molecular weight is 227 g/mol. The Morgan fingerprint density at radius 2 is 2.47 bits per heavy atom. The third-order valence-electron chi connectivity index (χ3n) is 2.64. The van der Waals surface area contributed by atoms with E-state index < -0.39 is 0 Å². The first-order chi connectivity index (χ1) is 7.16. The highest BCUT2D eigenvalue weighted by atomic mass is 32.1. The lowest BCUT2D eigenvalue weighted by atomic mass is 10.2. The Bertz CT molecular complexity index is 326. The molecule has 1 unspecified atom stereocenters. The Kier molecular flexibility index (Phi) is 3.23. The zero-order chi connectivity index (χ0) is 10.8. The van der Waals surface area contributed by atoms with Crippen molar-refractivity contribution in [1.82, 2.24) is 9.88 Å². The third kappa shape index (κ3) is 2.48.